The van der Waals surface area contributed by atoms with Crippen molar-refractivity contribution in [2.45, 2.75) is 33.4 Å². The predicted octanol–water partition coefficient (Wildman–Crippen LogP) is 2.26. The number of hydrogen-bond donors (Lipinski definition) is 1. The molecular weight excluding hydrogens is 262 g/mol. The minimum atomic E-state index is 0.849. The van der Waals surface area contributed by atoms with E-state index in [1.165, 1.54) is 16.9 Å². The van der Waals surface area contributed by atoms with E-state index in [9.17, 15) is 0 Å². The Bertz CT molecular complexity index is 562. The van der Waals surface area contributed by atoms with Gasteiger partial charge in [-0.1, -0.05) is 6.92 Å². The molecule has 0 aromatic carbocycles. The summed E-state index contributed by atoms with van der Waals surface area (Å²) in [6.07, 6.45) is 4.81. The standard InChI is InChI=1S/C16H25N5/c1-5-8-18-11-15-13(2)19-21(4)16(15)20(3)12-14-6-9-17-10-7-14/h6-7,9-10,18H,5,8,11-12H2,1-4H3. The highest BCUT2D eigenvalue weighted by Crippen LogP contribution is 2.23. The Labute approximate surface area is 127 Å². The largest absolute Gasteiger partial charge is 0.355 e. The van der Waals surface area contributed by atoms with Crippen LogP contribution in [0, 0.1) is 6.92 Å². The maximum Gasteiger partial charge on any atom is 0.131 e. The summed E-state index contributed by atoms with van der Waals surface area (Å²) >= 11 is 0. The van der Waals surface area contributed by atoms with Gasteiger partial charge in [0.05, 0.1) is 5.69 Å². The molecule has 5 heteroatoms. The number of aryl methyl sites for hydroxylation is 2. The van der Waals surface area contributed by atoms with Crippen LogP contribution < -0.4 is 10.2 Å². The lowest BCUT2D eigenvalue weighted by atomic mass is 10.2. The van der Waals surface area contributed by atoms with Gasteiger partial charge in [0, 0.05) is 45.1 Å². The van der Waals surface area contributed by atoms with Crippen molar-refractivity contribution in [1.29, 1.82) is 0 Å². The zero-order chi connectivity index (χ0) is 15.2. The third kappa shape index (κ3) is 3.82. The van der Waals surface area contributed by atoms with Gasteiger partial charge < -0.3 is 10.2 Å². The van der Waals surface area contributed by atoms with Crippen LogP contribution in [0.1, 0.15) is 30.2 Å². The smallest absolute Gasteiger partial charge is 0.131 e. The van der Waals surface area contributed by atoms with Gasteiger partial charge in [-0.25, -0.2) is 0 Å². The van der Waals surface area contributed by atoms with Crippen molar-refractivity contribution in [3.63, 3.8) is 0 Å². The first-order valence-electron chi connectivity index (χ1n) is 7.46. The molecule has 114 valence electrons. The summed E-state index contributed by atoms with van der Waals surface area (Å²) in [4.78, 5) is 6.32. The summed E-state index contributed by atoms with van der Waals surface area (Å²) in [7, 11) is 4.12. The summed E-state index contributed by atoms with van der Waals surface area (Å²) in [5, 5.41) is 8.05. The maximum absolute atomic E-state index is 4.58. The van der Waals surface area contributed by atoms with Crippen LogP contribution in [-0.2, 0) is 20.1 Å². The molecular formula is C16H25N5. The van der Waals surface area contributed by atoms with Crippen molar-refractivity contribution < 1.29 is 0 Å². The highest BCUT2D eigenvalue weighted by Gasteiger charge is 2.16. The fourth-order valence-electron chi connectivity index (χ4n) is 2.60. The zero-order valence-electron chi connectivity index (χ0n) is 13.4. The molecule has 2 aromatic rings. The molecule has 0 unspecified atom stereocenters. The van der Waals surface area contributed by atoms with Gasteiger partial charge >= 0.3 is 0 Å². The topological polar surface area (TPSA) is 46.0 Å². The molecule has 0 saturated heterocycles. The maximum atomic E-state index is 4.58. The Kier molecular flexibility index (Phi) is 5.33. The molecule has 1 N–H and O–H groups in total. The summed E-state index contributed by atoms with van der Waals surface area (Å²) in [5.41, 5.74) is 3.62. The molecule has 0 fully saturated rings. The van der Waals surface area contributed by atoms with Gasteiger partial charge in [0.2, 0.25) is 0 Å². The van der Waals surface area contributed by atoms with Crippen LogP contribution >= 0.6 is 0 Å². The second-order valence-corrected chi connectivity index (χ2v) is 5.40. The van der Waals surface area contributed by atoms with Crippen LogP contribution in [0.5, 0.6) is 0 Å². The molecule has 21 heavy (non-hydrogen) atoms. The number of pyridine rings is 1. The molecule has 0 bridgehead atoms. The molecule has 0 saturated carbocycles. The average Bonchev–Trinajstić information content (AvgIpc) is 2.74. The Morgan fingerprint density at radius 1 is 1.29 bits per heavy atom. The van der Waals surface area contributed by atoms with E-state index < -0.39 is 0 Å². The minimum Gasteiger partial charge on any atom is -0.355 e. The third-order valence-corrected chi connectivity index (χ3v) is 3.57. The fraction of sp³-hybridized carbons (Fsp3) is 0.500. The van der Waals surface area contributed by atoms with E-state index in [-0.39, 0.29) is 0 Å². The summed E-state index contributed by atoms with van der Waals surface area (Å²) < 4.78 is 1.97. The average molecular weight is 287 g/mol. The lowest BCUT2D eigenvalue weighted by molar-refractivity contribution is 0.669. The number of rotatable bonds is 7. The number of nitrogens with one attached hydrogen (secondary N) is 1. The minimum absolute atomic E-state index is 0.849. The van der Waals surface area contributed by atoms with Crippen molar-refractivity contribution in [2.24, 2.45) is 7.05 Å². The normalized spacial score (nSPS) is 10.9. The van der Waals surface area contributed by atoms with Gasteiger partial charge in [-0.3, -0.25) is 9.67 Å². The van der Waals surface area contributed by atoms with Crippen molar-refractivity contribution in [1.82, 2.24) is 20.1 Å². The van der Waals surface area contributed by atoms with E-state index in [0.29, 0.717) is 0 Å². The van der Waals surface area contributed by atoms with Gasteiger partial charge in [0.25, 0.3) is 0 Å². The summed E-state index contributed by atoms with van der Waals surface area (Å²) in [6.45, 7) is 7.00. The van der Waals surface area contributed by atoms with Gasteiger partial charge in [0.1, 0.15) is 5.82 Å². The quantitative estimate of drug-likeness (QED) is 0.794. The van der Waals surface area contributed by atoms with E-state index >= 15 is 0 Å². The lowest BCUT2D eigenvalue weighted by Gasteiger charge is -2.21. The molecule has 2 heterocycles. The van der Waals surface area contributed by atoms with Crippen LogP contribution in [0.15, 0.2) is 24.5 Å². The molecule has 0 atom stereocenters. The van der Waals surface area contributed by atoms with Crippen LogP contribution in [0.4, 0.5) is 5.82 Å². The van der Waals surface area contributed by atoms with Crippen molar-refractivity contribution in [3.8, 4) is 0 Å². The molecule has 0 radical (unpaired) electrons. The number of nitrogens with zero attached hydrogens (tertiary/aromatic N) is 4. The zero-order valence-corrected chi connectivity index (χ0v) is 13.4. The highest BCUT2D eigenvalue weighted by molar-refractivity contribution is 5.50. The monoisotopic (exact) mass is 287 g/mol. The number of anilines is 1. The molecule has 2 rings (SSSR count). The summed E-state index contributed by atoms with van der Waals surface area (Å²) in [5.74, 6) is 1.17. The second-order valence-electron chi connectivity index (χ2n) is 5.40. The Morgan fingerprint density at radius 2 is 2.00 bits per heavy atom. The molecule has 0 amide bonds. The highest BCUT2D eigenvalue weighted by atomic mass is 15.4. The van der Waals surface area contributed by atoms with Crippen LogP contribution in [0.2, 0.25) is 0 Å². The van der Waals surface area contributed by atoms with E-state index in [2.05, 4.69) is 53.3 Å². The second kappa shape index (κ2) is 7.22. The third-order valence-electron chi connectivity index (χ3n) is 3.57. The van der Waals surface area contributed by atoms with Crippen molar-refractivity contribution >= 4 is 5.82 Å². The fourth-order valence-corrected chi connectivity index (χ4v) is 2.60. The Balaban J connectivity index is 2.17. The van der Waals surface area contributed by atoms with E-state index in [0.717, 1.165) is 31.7 Å². The molecule has 0 spiro atoms. The molecule has 5 nitrogen and oxygen atoms in total. The predicted molar refractivity (Wildman–Crippen MR) is 86.3 cm³/mol. The molecule has 0 aliphatic rings. The SMILES string of the molecule is CCCNCc1c(C)nn(C)c1N(C)Cc1ccncc1. The van der Waals surface area contributed by atoms with Gasteiger partial charge in [-0.2, -0.15) is 5.10 Å². The molecule has 0 aliphatic heterocycles. The number of aromatic nitrogens is 3. The first-order valence-corrected chi connectivity index (χ1v) is 7.46. The van der Waals surface area contributed by atoms with E-state index in [1.807, 2.05) is 24.1 Å². The van der Waals surface area contributed by atoms with E-state index in [1.54, 1.807) is 0 Å². The van der Waals surface area contributed by atoms with Crippen molar-refractivity contribution in [2.75, 3.05) is 18.5 Å². The van der Waals surface area contributed by atoms with E-state index in [4.69, 9.17) is 0 Å². The lowest BCUT2D eigenvalue weighted by Crippen LogP contribution is -2.23. The molecule has 2 aromatic heterocycles. The van der Waals surface area contributed by atoms with Gasteiger partial charge in [0.15, 0.2) is 0 Å². The van der Waals surface area contributed by atoms with Gasteiger partial charge in [-0.05, 0) is 37.6 Å². The molecule has 0 aliphatic carbocycles. The number of hydrogen-bond acceptors (Lipinski definition) is 4. The summed E-state index contributed by atoms with van der Waals surface area (Å²) in [6, 6.07) is 4.10. The van der Waals surface area contributed by atoms with Crippen molar-refractivity contribution in [3.05, 3.63) is 41.3 Å². The van der Waals surface area contributed by atoms with Crippen LogP contribution in [0.25, 0.3) is 0 Å². The van der Waals surface area contributed by atoms with Crippen LogP contribution in [-0.4, -0.2) is 28.4 Å². The Hall–Kier alpha value is -1.88. The Morgan fingerprint density at radius 3 is 2.67 bits per heavy atom. The first-order chi connectivity index (χ1) is 10.1. The first kappa shape index (κ1) is 15.5. The van der Waals surface area contributed by atoms with Gasteiger partial charge in [-0.15, -0.1) is 0 Å². The van der Waals surface area contributed by atoms with Crippen LogP contribution in [0.3, 0.4) is 0 Å².